The highest BCUT2D eigenvalue weighted by atomic mass is 32.2. The van der Waals surface area contributed by atoms with Gasteiger partial charge in [-0.15, -0.1) is 0 Å². The third kappa shape index (κ3) is 3.56. The Bertz CT molecular complexity index is 979. The average Bonchev–Trinajstić information content (AvgIpc) is 2.96. The van der Waals surface area contributed by atoms with Crippen LogP contribution < -0.4 is 0 Å². The molecule has 4 rings (SSSR count). The minimum atomic E-state index is -0.388. The molecule has 2 fully saturated rings. The number of benzene rings is 2. The molecule has 0 bridgehead atoms. The molecule has 3 amide bonds. The lowest BCUT2D eigenvalue weighted by Crippen LogP contribution is -2.47. The SMILES string of the molecule is C[C@@H]1CCCCN1C(=O)CN1C(=O)S/C(=C\c2cccc3ccccc23)C1=O. The second-order valence-electron chi connectivity index (χ2n) is 7.27. The maximum atomic E-state index is 12.8. The normalized spacial score (nSPS) is 21.8. The highest BCUT2D eigenvalue weighted by molar-refractivity contribution is 8.18. The van der Waals surface area contributed by atoms with Crippen LogP contribution in [0.25, 0.3) is 16.8 Å². The van der Waals surface area contributed by atoms with E-state index < -0.39 is 0 Å². The molecule has 2 aromatic carbocycles. The summed E-state index contributed by atoms with van der Waals surface area (Å²) >= 11 is 0.902. The summed E-state index contributed by atoms with van der Waals surface area (Å²) in [6, 6.07) is 13.9. The second kappa shape index (κ2) is 7.80. The number of amides is 3. The van der Waals surface area contributed by atoms with Gasteiger partial charge in [0.1, 0.15) is 6.54 Å². The molecule has 0 aliphatic carbocycles. The molecule has 5 nitrogen and oxygen atoms in total. The molecule has 0 radical (unpaired) electrons. The van der Waals surface area contributed by atoms with Gasteiger partial charge in [-0.2, -0.15) is 0 Å². The highest BCUT2D eigenvalue weighted by Gasteiger charge is 2.38. The van der Waals surface area contributed by atoms with Crippen LogP contribution in [0.5, 0.6) is 0 Å². The van der Waals surface area contributed by atoms with Crippen molar-refractivity contribution in [3.8, 4) is 0 Å². The third-order valence-corrected chi connectivity index (χ3v) is 6.31. The van der Waals surface area contributed by atoms with E-state index in [4.69, 9.17) is 0 Å². The van der Waals surface area contributed by atoms with Crippen molar-refractivity contribution in [1.82, 2.24) is 9.80 Å². The molecule has 2 aliphatic heterocycles. The number of rotatable bonds is 3. The number of fused-ring (bicyclic) bond motifs is 1. The monoisotopic (exact) mass is 394 g/mol. The van der Waals surface area contributed by atoms with Gasteiger partial charge in [-0.05, 0) is 60.4 Å². The Labute approximate surface area is 168 Å². The van der Waals surface area contributed by atoms with Gasteiger partial charge in [0.15, 0.2) is 0 Å². The van der Waals surface area contributed by atoms with Crippen LogP contribution in [-0.2, 0) is 9.59 Å². The van der Waals surface area contributed by atoms with Crippen molar-refractivity contribution in [2.24, 2.45) is 0 Å². The molecule has 2 aliphatic rings. The Morgan fingerprint density at radius 2 is 1.93 bits per heavy atom. The van der Waals surface area contributed by atoms with Crippen LogP contribution in [0.4, 0.5) is 4.79 Å². The molecule has 28 heavy (non-hydrogen) atoms. The summed E-state index contributed by atoms with van der Waals surface area (Å²) in [4.78, 5) is 41.1. The first kappa shape index (κ1) is 18.7. The van der Waals surface area contributed by atoms with E-state index in [2.05, 4.69) is 0 Å². The number of hydrogen-bond donors (Lipinski definition) is 0. The molecule has 2 saturated heterocycles. The van der Waals surface area contributed by atoms with Crippen LogP contribution >= 0.6 is 11.8 Å². The van der Waals surface area contributed by atoms with Gasteiger partial charge in [0.2, 0.25) is 5.91 Å². The van der Waals surface area contributed by atoms with Crippen molar-refractivity contribution in [2.75, 3.05) is 13.1 Å². The molecule has 0 spiro atoms. The number of nitrogens with zero attached hydrogens (tertiary/aromatic N) is 2. The minimum Gasteiger partial charge on any atom is -0.338 e. The summed E-state index contributed by atoms with van der Waals surface area (Å²) < 4.78 is 0. The average molecular weight is 394 g/mol. The zero-order chi connectivity index (χ0) is 19.7. The van der Waals surface area contributed by atoms with Crippen molar-refractivity contribution in [3.05, 3.63) is 52.9 Å². The fourth-order valence-corrected chi connectivity index (χ4v) is 4.68. The van der Waals surface area contributed by atoms with Gasteiger partial charge < -0.3 is 4.90 Å². The van der Waals surface area contributed by atoms with E-state index in [1.165, 1.54) is 0 Å². The topological polar surface area (TPSA) is 57.7 Å². The van der Waals surface area contributed by atoms with Gasteiger partial charge in [0.05, 0.1) is 4.91 Å². The van der Waals surface area contributed by atoms with Gasteiger partial charge in [0, 0.05) is 12.6 Å². The predicted molar refractivity (Wildman–Crippen MR) is 112 cm³/mol. The quantitative estimate of drug-likeness (QED) is 0.729. The van der Waals surface area contributed by atoms with Crippen LogP contribution in [0, 0.1) is 0 Å². The Balaban J connectivity index is 1.55. The Morgan fingerprint density at radius 1 is 1.14 bits per heavy atom. The molecule has 6 heteroatoms. The minimum absolute atomic E-state index is 0.152. The van der Waals surface area contributed by atoms with E-state index in [1.807, 2.05) is 49.4 Å². The van der Waals surface area contributed by atoms with E-state index in [0.717, 1.165) is 52.3 Å². The molecule has 0 unspecified atom stereocenters. The van der Waals surface area contributed by atoms with Gasteiger partial charge >= 0.3 is 0 Å². The molecule has 2 heterocycles. The van der Waals surface area contributed by atoms with Crippen molar-refractivity contribution < 1.29 is 14.4 Å². The first-order chi connectivity index (χ1) is 13.5. The molecule has 0 saturated carbocycles. The van der Waals surface area contributed by atoms with E-state index >= 15 is 0 Å². The number of hydrogen-bond acceptors (Lipinski definition) is 4. The molecule has 2 aromatic rings. The molecule has 1 atom stereocenters. The fourth-order valence-electron chi connectivity index (χ4n) is 3.85. The van der Waals surface area contributed by atoms with Crippen LogP contribution in [-0.4, -0.2) is 46.0 Å². The summed E-state index contributed by atoms with van der Waals surface area (Å²) in [5, 5.41) is 1.72. The first-order valence-corrected chi connectivity index (χ1v) is 10.4. The van der Waals surface area contributed by atoms with E-state index in [0.29, 0.717) is 11.4 Å². The predicted octanol–water partition coefficient (Wildman–Crippen LogP) is 4.28. The molecule has 0 aromatic heterocycles. The second-order valence-corrected chi connectivity index (χ2v) is 8.26. The summed E-state index contributed by atoms with van der Waals surface area (Å²) in [5.74, 6) is -0.540. The molecule has 144 valence electrons. The molecule has 0 N–H and O–H groups in total. The van der Waals surface area contributed by atoms with Crippen molar-refractivity contribution >= 4 is 45.7 Å². The zero-order valence-corrected chi connectivity index (χ0v) is 16.6. The lowest BCUT2D eigenvalue weighted by atomic mass is 10.0. The van der Waals surface area contributed by atoms with Crippen LogP contribution in [0.15, 0.2) is 47.4 Å². The summed E-state index contributed by atoms with van der Waals surface area (Å²) in [6.45, 7) is 2.54. The number of piperidine rings is 1. The van der Waals surface area contributed by atoms with Crippen molar-refractivity contribution in [2.45, 2.75) is 32.2 Å². The fraction of sp³-hybridized carbons (Fsp3) is 0.318. The van der Waals surface area contributed by atoms with Gasteiger partial charge in [-0.25, -0.2) is 0 Å². The van der Waals surface area contributed by atoms with Gasteiger partial charge in [-0.3, -0.25) is 19.3 Å². The van der Waals surface area contributed by atoms with Crippen molar-refractivity contribution in [1.29, 1.82) is 0 Å². The number of likely N-dealkylation sites (tertiary alicyclic amines) is 1. The standard InChI is InChI=1S/C22H22N2O3S/c1-15-7-4-5-12-23(15)20(25)14-24-21(26)19(28-22(24)27)13-17-10-6-9-16-8-2-3-11-18(16)17/h2-3,6,8-11,13,15H,4-5,7,12,14H2,1H3/b19-13-/t15-/m1/s1. The Morgan fingerprint density at radius 3 is 2.75 bits per heavy atom. The number of carbonyl (C=O) groups is 3. The van der Waals surface area contributed by atoms with Gasteiger partial charge in [0.25, 0.3) is 11.1 Å². The Hall–Kier alpha value is -2.60. The van der Waals surface area contributed by atoms with Gasteiger partial charge in [-0.1, -0.05) is 42.5 Å². The van der Waals surface area contributed by atoms with E-state index in [9.17, 15) is 14.4 Å². The lowest BCUT2D eigenvalue weighted by Gasteiger charge is -2.34. The number of imide groups is 1. The number of carbonyl (C=O) groups excluding carboxylic acids is 3. The van der Waals surface area contributed by atoms with Crippen LogP contribution in [0.3, 0.4) is 0 Å². The maximum Gasteiger partial charge on any atom is 0.294 e. The smallest absolute Gasteiger partial charge is 0.294 e. The zero-order valence-electron chi connectivity index (χ0n) is 15.8. The third-order valence-electron chi connectivity index (χ3n) is 5.40. The lowest BCUT2D eigenvalue weighted by molar-refractivity contribution is -0.138. The first-order valence-electron chi connectivity index (χ1n) is 9.57. The maximum absolute atomic E-state index is 12.8. The van der Waals surface area contributed by atoms with Crippen LogP contribution in [0.2, 0.25) is 0 Å². The highest BCUT2D eigenvalue weighted by Crippen LogP contribution is 2.33. The molecular formula is C22H22N2O3S. The Kier molecular flexibility index (Phi) is 5.22. The van der Waals surface area contributed by atoms with Crippen LogP contribution in [0.1, 0.15) is 31.7 Å². The summed E-state index contributed by atoms with van der Waals surface area (Å²) in [5.41, 5.74) is 0.888. The van der Waals surface area contributed by atoms with Crippen molar-refractivity contribution in [3.63, 3.8) is 0 Å². The molecular weight excluding hydrogens is 372 g/mol. The van der Waals surface area contributed by atoms with E-state index in [1.54, 1.807) is 11.0 Å². The van der Waals surface area contributed by atoms with E-state index in [-0.39, 0.29) is 29.6 Å². The summed E-state index contributed by atoms with van der Waals surface area (Å²) in [6.07, 6.45) is 4.80. The largest absolute Gasteiger partial charge is 0.338 e. The summed E-state index contributed by atoms with van der Waals surface area (Å²) in [7, 11) is 0. The number of thioether (sulfide) groups is 1.